The van der Waals surface area contributed by atoms with E-state index in [-0.39, 0.29) is 11.1 Å². The number of nitrogens with one attached hydrogen (secondary N) is 1. The molecule has 0 heterocycles. The van der Waals surface area contributed by atoms with E-state index in [0.29, 0.717) is 0 Å². The number of benzene rings is 1. The minimum atomic E-state index is -5.76. The van der Waals surface area contributed by atoms with Gasteiger partial charge in [-0.1, -0.05) is 0 Å². The van der Waals surface area contributed by atoms with E-state index in [1.165, 1.54) is 0 Å². The molecule has 3 N–H and O–H groups in total. The highest BCUT2D eigenvalue weighted by molar-refractivity contribution is 5.93. The minimum Gasteiger partial charge on any atom is -0.370 e. The lowest BCUT2D eigenvalue weighted by molar-refractivity contribution is -0.297. The number of hydrogen-bond donors (Lipinski definition) is 2. The number of halogens is 6. The van der Waals surface area contributed by atoms with Gasteiger partial charge in [0.05, 0.1) is 6.61 Å². The highest BCUT2D eigenvalue weighted by atomic mass is 19.4. The molecule has 21 heavy (non-hydrogen) atoms. The summed E-state index contributed by atoms with van der Waals surface area (Å²) in [5.41, 5.74) is 1.31. The number of alkyl halides is 5. The molecule has 0 aromatic heterocycles. The first-order valence-corrected chi connectivity index (χ1v) is 5.40. The smallest absolute Gasteiger partial charge is 0.370 e. The molecule has 1 aromatic rings. The van der Waals surface area contributed by atoms with Crippen molar-refractivity contribution < 1.29 is 35.9 Å². The Morgan fingerprint density at radius 3 is 2.38 bits per heavy atom. The molecule has 0 saturated heterocycles. The van der Waals surface area contributed by atoms with E-state index in [1.54, 1.807) is 5.43 Å². The first-order chi connectivity index (χ1) is 9.58. The molecular weight excluding hydrogens is 306 g/mol. The summed E-state index contributed by atoms with van der Waals surface area (Å²) < 4.78 is 78.3. The molecule has 0 spiro atoms. The lowest BCUT2D eigenvalue weighted by Crippen LogP contribution is -2.40. The third kappa shape index (κ3) is 4.33. The SMILES string of the molecule is NNC(=O)c1ccc(F)c(COCC(F)(F)C(F)(F)F)c1. The molecule has 4 nitrogen and oxygen atoms in total. The molecule has 1 aromatic carbocycles. The van der Waals surface area contributed by atoms with Crippen LogP contribution in [0.15, 0.2) is 18.2 Å². The van der Waals surface area contributed by atoms with Crippen molar-refractivity contribution >= 4 is 5.91 Å². The van der Waals surface area contributed by atoms with Crippen LogP contribution >= 0.6 is 0 Å². The zero-order chi connectivity index (χ0) is 16.3. The molecule has 118 valence electrons. The first-order valence-electron chi connectivity index (χ1n) is 5.40. The van der Waals surface area contributed by atoms with Crippen LogP contribution in [0.1, 0.15) is 15.9 Å². The lowest BCUT2D eigenvalue weighted by Gasteiger charge is -2.19. The predicted molar refractivity (Wildman–Crippen MR) is 58.7 cm³/mol. The van der Waals surface area contributed by atoms with Gasteiger partial charge in [-0.2, -0.15) is 22.0 Å². The second kappa shape index (κ2) is 6.31. The highest BCUT2D eigenvalue weighted by Crippen LogP contribution is 2.35. The van der Waals surface area contributed by atoms with Crippen LogP contribution in [0.2, 0.25) is 0 Å². The Balaban J connectivity index is 2.74. The van der Waals surface area contributed by atoms with Gasteiger partial charge in [0.15, 0.2) is 0 Å². The Labute approximate surface area is 114 Å². The summed E-state index contributed by atoms with van der Waals surface area (Å²) in [6.45, 7) is -2.81. The molecule has 0 atom stereocenters. The van der Waals surface area contributed by atoms with Crippen molar-refractivity contribution in [1.82, 2.24) is 5.43 Å². The van der Waals surface area contributed by atoms with Gasteiger partial charge in [0.1, 0.15) is 12.4 Å². The fourth-order valence-corrected chi connectivity index (χ4v) is 1.28. The van der Waals surface area contributed by atoms with Crippen LogP contribution < -0.4 is 11.3 Å². The largest absolute Gasteiger partial charge is 0.455 e. The number of nitrogen functional groups attached to an aromatic ring is 1. The maximum Gasteiger partial charge on any atom is 0.455 e. The first kappa shape index (κ1) is 17.2. The summed E-state index contributed by atoms with van der Waals surface area (Å²) >= 11 is 0. The summed E-state index contributed by atoms with van der Waals surface area (Å²) in [5.74, 6) is -1.90. The zero-order valence-electron chi connectivity index (χ0n) is 10.3. The second-order valence-electron chi connectivity index (χ2n) is 3.97. The van der Waals surface area contributed by atoms with Gasteiger partial charge in [-0.05, 0) is 18.2 Å². The van der Waals surface area contributed by atoms with Gasteiger partial charge < -0.3 is 4.74 Å². The molecule has 0 fully saturated rings. The van der Waals surface area contributed by atoms with Crippen LogP contribution in [-0.2, 0) is 11.3 Å². The van der Waals surface area contributed by atoms with Crippen LogP contribution in [0.3, 0.4) is 0 Å². The topological polar surface area (TPSA) is 64.3 Å². The van der Waals surface area contributed by atoms with Crippen LogP contribution in [0.4, 0.5) is 26.3 Å². The van der Waals surface area contributed by atoms with Crippen LogP contribution in [-0.4, -0.2) is 24.6 Å². The van der Waals surface area contributed by atoms with Crippen molar-refractivity contribution in [2.45, 2.75) is 18.7 Å². The Morgan fingerprint density at radius 2 is 1.86 bits per heavy atom. The summed E-state index contributed by atoms with van der Waals surface area (Å²) in [7, 11) is 0. The number of ether oxygens (including phenoxy) is 1. The van der Waals surface area contributed by atoms with Gasteiger partial charge in [-0.15, -0.1) is 0 Å². The van der Waals surface area contributed by atoms with Gasteiger partial charge in [0, 0.05) is 11.1 Å². The van der Waals surface area contributed by atoms with E-state index in [1.807, 2.05) is 0 Å². The number of amides is 1. The van der Waals surface area contributed by atoms with E-state index in [2.05, 4.69) is 4.74 Å². The average Bonchev–Trinajstić information content (AvgIpc) is 2.38. The van der Waals surface area contributed by atoms with Gasteiger partial charge in [-0.25, -0.2) is 10.2 Å². The van der Waals surface area contributed by atoms with Crippen molar-refractivity contribution in [3.05, 3.63) is 35.1 Å². The van der Waals surface area contributed by atoms with Crippen molar-refractivity contribution in [1.29, 1.82) is 0 Å². The van der Waals surface area contributed by atoms with E-state index in [4.69, 9.17) is 5.84 Å². The summed E-state index contributed by atoms with van der Waals surface area (Å²) in [4.78, 5) is 11.2. The number of nitrogens with two attached hydrogens (primary N) is 1. The molecule has 0 aliphatic rings. The molecule has 0 bridgehead atoms. The summed E-state index contributed by atoms with van der Waals surface area (Å²) in [5, 5.41) is 0. The maximum absolute atomic E-state index is 13.3. The summed E-state index contributed by atoms with van der Waals surface area (Å²) in [6.07, 6.45) is -5.76. The van der Waals surface area contributed by atoms with Crippen molar-refractivity contribution in [3.8, 4) is 0 Å². The fourth-order valence-electron chi connectivity index (χ4n) is 1.28. The van der Waals surface area contributed by atoms with E-state index in [9.17, 15) is 31.1 Å². The Kier molecular flexibility index (Phi) is 5.18. The van der Waals surface area contributed by atoms with Gasteiger partial charge in [-0.3, -0.25) is 10.2 Å². The molecule has 1 rings (SSSR count). The maximum atomic E-state index is 13.3. The van der Waals surface area contributed by atoms with E-state index in [0.717, 1.165) is 18.2 Å². The van der Waals surface area contributed by atoms with Crippen LogP contribution in [0, 0.1) is 5.82 Å². The number of rotatable bonds is 5. The van der Waals surface area contributed by atoms with Gasteiger partial charge >= 0.3 is 12.1 Å². The summed E-state index contributed by atoms with van der Waals surface area (Å²) in [6, 6.07) is 2.83. The number of hydrazine groups is 1. The third-order valence-electron chi connectivity index (χ3n) is 2.39. The number of carbonyl (C=O) groups excluding carboxylic acids is 1. The quantitative estimate of drug-likeness (QED) is 0.379. The third-order valence-corrected chi connectivity index (χ3v) is 2.39. The minimum absolute atomic E-state index is 0.0971. The van der Waals surface area contributed by atoms with Crippen molar-refractivity contribution in [2.75, 3.05) is 6.61 Å². The van der Waals surface area contributed by atoms with E-state index < -0.39 is 37.0 Å². The fraction of sp³-hybridized carbons (Fsp3) is 0.364. The molecule has 1 amide bonds. The van der Waals surface area contributed by atoms with Crippen LogP contribution in [0.25, 0.3) is 0 Å². The van der Waals surface area contributed by atoms with Crippen molar-refractivity contribution in [3.63, 3.8) is 0 Å². The van der Waals surface area contributed by atoms with Gasteiger partial charge in [0.25, 0.3) is 5.91 Å². The number of carbonyl (C=O) groups is 1. The normalized spacial score (nSPS) is 12.3. The number of hydrogen-bond acceptors (Lipinski definition) is 3. The standard InChI is InChI=1S/C11H10F6N2O2/c12-8-2-1-6(9(20)19-18)3-7(8)4-21-5-10(13,14)11(15,16)17/h1-3H,4-5,18H2,(H,19,20). The van der Waals surface area contributed by atoms with Crippen molar-refractivity contribution in [2.24, 2.45) is 5.84 Å². The van der Waals surface area contributed by atoms with Crippen LogP contribution in [0.5, 0.6) is 0 Å². The Bertz CT molecular complexity index is 518. The Hall–Kier alpha value is -1.81. The van der Waals surface area contributed by atoms with Gasteiger partial charge in [0.2, 0.25) is 0 Å². The predicted octanol–water partition coefficient (Wildman–Crippen LogP) is 2.14. The molecule has 10 heteroatoms. The Morgan fingerprint density at radius 1 is 1.24 bits per heavy atom. The molecule has 0 saturated carbocycles. The average molecular weight is 316 g/mol. The molecule has 0 aliphatic heterocycles. The van der Waals surface area contributed by atoms with E-state index >= 15 is 0 Å². The molecule has 0 aliphatic carbocycles. The zero-order valence-corrected chi connectivity index (χ0v) is 10.3. The molecule has 0 unspecified atom stereocenters. The monoisotopic (exact) mass is 316 g/mol. The molecular formula is C11H10F6N2O2. The second-order valence-corrected chi connectivity index (χ2v) is 3.97. The molecule has 0 radical (unpaired) electrons. The lowest BCUT2D eigenvalue weighted by atomic mass is 10.1. The highest BCUT2D eigenvalue weighted by Gasteiger charge is 2.57.